The van der Waals surface area contributed by atoms with Crippen LogP contribution in [-0.2, 0) is 5.54 Å². The number of benzene rings is 1. The molecule has 4 heteroatoms. The number of aromatic nitrogens is 1. The van der Waals surface area contributed by atoms with E-state index in [2.05, 4.69) is 6.92 Å². The highest BCUT2D eigenvalue weighted by atomic mass is 35.5. The van der Waals surface area contributed by atoms with Crippen molar-refractivity contribution in [3.8, 4) is 11.3 Å². The number of nitrogens with two attached hydrogens (primary N) is 1. The molecule has 1 aromatic heterocycles. The molecule has 112 valence electrons. The molecular formula is C17H21ClN2S. The summed E-state index contributed by atoms with van der Waals surface area (Å²) in [7, 11) is 0. The Hall–Kier alpha value is -0.900. The van der Waals surface area contributed by atoms with Crippen LogP contribution in [0.2, 0.25) is 5.02 Å². The SMILES string of the molecule is Cc1sc(C2(N)CCCCCC2)nc1-c1ccc(Cl)cc1. The van der Waals surface area contributed by atoms with Gasteiger partial charge in [-0.05, 0) is 31.9 Å². The fourth-order valence-corrected chi connectivity index (χ4v) is 4.28. The molecule has 0 aliphatic heterocycles. The number of rotatable bonds is 2. The van der Waals surface area contributed by atoms with E-state index >= 15 is 0 Å². The van der Waals surface area contributed by atoms with Gasteiger partial charge in [0.15, 0.2) is 0 Å². The smallest absolute Gasteiger partial charge is 0.113 e. The van der Waals surface area contributed by atoms with Gasteiger partial charge in [-0.2, -0.15) is 0 Å². The third-order valence-electron chi connectivity index (χ3n) is 4.34. The Bertz CT molecular complexity index is 610. The molecule has 1 fully saturated rings. The highest BCUT2D eigenvalue weighted by Crippen LogP contribution is 2.39. The summed E-state index contributed by atoms with van der Waals surface area (Å²) in [5.41, 5.74) is 8.64. The first-order valence-corrected chi connectivity index (χ1v) is 8.81. The number of aryl methyl sites for hydroxylation is 1. The zero-order chi connectivity index (χ0) is 14.9. The molecule has 1 aliphatic carbocycles. The van der Waals surface area contributed by atoms with Gasteiger partial charge in [-0.1, -0.05) is 49.4 Å². The van der Waals surface area contributed by atoms with Crippen LogP contribution in [0, 0.1) is 6.92 Å². The van der Waals surface area contributed by atoms with Gasteiger partial charge in [0.1, 0.15) is 5.01 Å². The minimum atomic E-state index is -0.226. The molecule has 0 bridgehead atoms. The molecule has 1 aromatic carbocycles. The fraction of sp³-hybridized carbons (Fsp3) is 0.471. The number of halogens is 1. The van der Waals surface area contributed by atoms with Crippen molar-refractivity contribution in [1.29, 1.82) is 0 Å². The van der Waals surface area contributed by atoms with E-state index in [1.54, 1.807) is 11.3 Å². The molecule has 1 saturated carbocycles. The lowest BCUT2D eigenvalue weighted by atomic mass is 9.92. The van der Waals surface area contributed by atoms with E-state index < -0.39 is 0 Å². The van der Waals surface area contributed by atoms with Crippen LogP contribution in [0.5, 0.6) is 0 Å². The van der Waals surface area contributed by atoms with Crippen molar-refractivity contribution in [1.82, 2.24) is 4.98 Å². The zero-order valence-electron chi connectivity index (χ0n) is 12.4. The highest BCUT2D eigenvalue weighted by Gasteiger charge is 2.32. The van der Waals surface area contributed by atoms with Gasteiger partial charge in [0.25, 0.3) is 0 Å². The van der Waals surface area contributed by atoms with Crippen LogP contribution < -0.4 is 5.73 Å². The summed E-state index contributed by atoms with van der Waals surface area (Å²) in [6, 6.07) is 7.90. The topological polar surface area (TPSA) is 38.9 Å². The first-order chi connectivity index (χ1) is 10.1. The van der Waals surface area contributed by atoms with Crippen molar-refractivity contribution in [2.24, 2.45) is 5.73 Å². The summed E-state index contributed by atoms with van der Waals surface area (Å²) in [5, 5.41) is 1.86. The maximum Gasteiger partial charge on any atom is 0.113 e. The molecule has 0 saturated heterocycles. The van der Waals surface area contributed by atoms with Crippen molar-refractivity contribution < 1.29 is 0 Å². The standard InChI is InChI=1S/C17H21ClN2S/c1-12-15(13-6-8-14(18)9-7-13)20-16(21-12)17(19)10-4-2-3-5-11-17/h6-9H,2-5,10-11,19H2,1H3. The van der Waals surface area contributed by atoms with Crippen molar-refractivity contribution in [2.75, 3.05) is 0 Å². The molecule has 21 heavy (non-hydrogen) atoms. The van der Waals surface area contributed by atoms with Gasteiger partial charge in [0, 0.05) is 15.5 Å². The van der Waals surface area contributed by atoms with Gasteiger partial charge in [0.2, 0.25) is 0 Å². The van der Waals surface area contributed by atoms with E-state index in [1.807, 2.05) is 24.3 Å². The summed E-state index contributed by atoms with van der Waals surface area (Å²) < 4.78 is 0. The molecule has 3 rings (SSSR count). The monoisotopic (exact) mass is 320 g/mol. The van der Waals surface area contributed by atoms with E-state index in [4.69, 9.17) is 22.3 Å². The first-order valence-electron chi connectivity index (χ1n) is 7.61. The van der Waals surface area contributed by atoms with E-state index in [-0.39, 0.29) is 5.54 Å². The maximum atomic E-state index is 6.69. The van der Waals surface area contributed by atoms with E-state index in [1.165, 1.54) is 30.6 Å². The molecule has 2 N–H and O–H groups in total. The summed E-state index contributed by atoms with van der Waals surface area (Å²) >= 11 is 7.73. The van der Waals surface area contributed by atoms with E-state index in [0.29, 0.717) is 0 Å². The van der Waals surface area contributed by atoms with Gasteiger partial charge in [-0.25, -0.2) is 4.98 Å². The van der Waals surface area contributed by atoms with E-state index in [9.17, 15) is 0 Å². The summed E-state index contributed by atoms with van der Waals surface area (Å²) in [6.45, 7) is 2.13. The molecule has 2 nitrogen and oxygen atoms in total. The third-order valence-corrected chi connectivity index (χ3v) is 5.78. The summed E-state index contributed by atoms with van der Waals surface area (Å²) in [4.78, 5) is 6.13. The van der Waals surface area contributed by atoms with Crippen LogP contribution in [0.4, 0.5) is 0 Å². The second-order valence-electron chi connectivity index (χ2n) is 6.00. The zero-order valence-corrected chi connectivity index (χ0v) is 13.9. The predicted molar refractivity (Wildman–Crippen MR) is 90.9 cm³/mol. The van der Waals surface area contributed by atoms with Crippen LogP contribution in [0.3, 0.4) is 0 Å². The van der Waals surface area contributed by atoms with Gasteiger partial charge < -0.3 is 5.73 Å². The lowest BCUT2D eigenvalue weighted by molar-refractivity contribution is 0.384. The highest BCUT2D eigenvalue weighted by molar-refractivity contribution is 7.12. The summed E-state index contributed by atoms with van der Waals surface area (Å²) in [6.07, 6.45) is 7.14. The Balaban J connectivity index is 1.95. The minimum absolute atomic E-state index is 0.226. The van der Waals surface area contributed by atoms with Gasteiger partial charge in [-0.3, -0.25) is 0 Å². The normalized spacial score (nSPS) is 18.4. The van der Waals surface area contributed by atoms with Crippen LogP contribution in [-0.4, -0.2) is 4.98 Å². The quantitative estimate of drug-likeness (QED) is 0.764. The number of hydrogen-bond acceptors (Lipinski definition) is 3. The van der Waals surface area contributed by atoms with Gasteiger partial charge in [0.05, 0.1) is 11.2 Å². The van der Waals surface area contributed by atoms with Crippen LogP contribution in [0.15, 0.2) is 24.3 Å². The Morgan fingerprint density at radius 1 is 1.10 bits per heavy atom. The predicted octanol–water partition coefficient (Wildman–Crippen LogP) is 5.28. The summed E-state index contributed by atoms with van der Waals surface area (Å²) in [5.74, 6) is 0. The second-order valence-corrected chi connectivity index (χ2v) is 7.64. The molecule has 0 atom stereocenters. The molecule has 0 unspecified atom stereocenters. The van der Waals surface area contributed by atoms with Crippen molar-refractivity contribution in [3.63, 3.8) is 0 Å². The third kappa shape index (κ3) is 3.15. The van der Waals surface area contributed by atoms with Crippen molar-refractivity contribution in [3.05, 3.63) is 39.2 Å². The molecule has 0 amide bonds. The van der Waals surface area contributed by atoms with Crippen molar-refractivity contribution in [2.45, 2.75) is 51.0 Å². The van der Waals surface area contributed by atoms with E-state index in [0.717, 1.165) is 34.1 Å². The Morgan fingerprint density at radius 3 is 2.33 bits per heavy atom. The lowest BCUT2D eigenvalue weighted by Gasteiger charge is -2.25. The van der Waals surface area contributed by atoms with Gasteiger partial charge in [-0.15, -0.1) is 11.3 Å². The molecular weight excluding hydrogens is 300 g/mol. The minimum Gasteiger partial charge on any atom is -0.319 e. The molecule has 1 heterocycles. The molecule has 0 radical (unpaired) electrons. The van der Waals surface area contributed by atoms with Crippen LogP contribution in [0.1, 0.15) is 48.4 Å². The number of hydrogen-bond donors (Lipinski definition) is 1. The largest absolute Gasteiger partial charge is 0.319 e. The number of nitrogens with zero attached hydrogens (tertiary/aromatic N) is 1. The second kappa shape index (κ2) is 6.07. The molecule has 2 aromatic rings. The lowest BCUT2D eigenvalue weighted by Crippen LogP contribution is -2.35. The van der Waals surface area contributed by atoms with Crippen LogP contribution in [0.25, 0.3) is 11.3 Å². The average Bonchev–Trinajstić information content (AvgIpc) is 2.72. The van der Waals surface area contributed by atoms with Gasteiger partial charge >= 0.3 is 0 Å². The Morgan fingerprint density at radius 2 is 1.71 bits per heavy atom. The molecule has 1 aliphatic rings. The number of thiazole rings is 1. The fourth-order valence-electron chi connectivity index (χ4n) is 3.06. The maximum absolute atomic E-state index is 6.69. The Labute approximate surface area is 135 Å². The average molecular weight is 321 g/mol. The first kappa shape index (κ1) is 15.0. The van der Waals surface area contributed by atoms with Crippen LogP contribution >= 0.6 is 22.9 Å². The molecule has 0 spiro atoms. The Kier molecular flexibility index (Phi) is 4.34. The van der Waals surface area contributed by atoms with Crippen molar-refractivity contribution >= 4 is 22.9 Å².